The zero-order valence-corrected chi connectivity index (χ0v) is 13.6. The Morgan fingerprint density at radius 3 is 2.79 bits per heavy atom. The molecule has 0 aliphatic heterocycles. The molecule has 0 aliphatic rings. The van der Waals surface area contributed by atoms with E-state index < -0.39 is 0 Å². The Morgan fingerprint density at radius 1 is 1.21 bits per heavy atom. The molecule has 0 aliphatic carbocycles. The fourth-order valence-electron chi connectivity index (χ4n) is 2.45. The lowest BCUT2D eigenvalue weighted by atomic mass is 10.1. The van der Waals surface area contributed by atoms with E-state index in [1.165, 1.54) is 0 Å². The van der Waals surface area contributed by atoms with Crippen molar-refractivity contribution in [1.29, 1.82) is 0 Å². The summed E-state index contributed by atoms with van der Waals surface area (Å²) in [6, 6.07) is 15.5. The van der Waals surface area contributed by atoms with Crippen LogP contribution in [0.3, 0.4) is 0 Å². The first kappa shape index (κ1) is 15.8. The molecule has 0 saturated heterocycles. The smallest absolute Gasteiger partial charge is 0.277 e. The van der Waals surface area contributed by atoms with E-state index in [0.717, 1.165) is 27.9 Å². The van der Waals surface area contributed by atoms with Crippen molar-refractivity contribution >= 4 is 22.9 Å². The number of furan rings is 1. The van der Waals surface area contributed by atoms with Crippen LogP contribution in [0.15, 0.2) is 58.0 Å². The van der Waals surface area contributed by atoms with Crippen LogP contribution < -0.4 is 10.2 Å². The highest BCUT2D eigenvalue weighted by Gasteiger charge is 2.05. The summed E-state index contributed by atoms with van der Waals surface area (Å²) in [6.45, 7) is 3.61. The zero-order chi connectivity index (χ0) is 16.9. The molecule has 1 heterocycles. The number of hydrogen-bond donors (Lipinski definition) is 1. The Balaban J connectivity index is 1.58. The lowest BCUT2D eigenvalue weighted by Crippen LogP contribution is -2.24. The van der Waals surface area contributed by atoms with Crippen LogP contribution in [-0.4, -0.2) is 18.7 Å². The number of ether oxygens (including phenoxy) is 1. The normalized spacial score (nSPS) is 11.1. The Hall–Kier alpha value is -3.08. The maximum atomic E-state index is 11.9. The van der Waals surface area contributed by atoms with Crippen LogP contribution in [0, 0.1) is 13.8 Å². The number of aryl methyl sites for hydroxylation is 2. The molecule has 0 unspecified atom stereocenters. The lowest BCUT2D eigenvalue weighted by Gasteiger charge is -2.08. The molecule has 24 heavy (non-hydrogen) atoms. The maximum Gasteiger partial charge on any atom is 0.277 e. The van der Waals surface area contributed by atoms with Crippen molar-refractivity contribution in [2.75, 3.05) is 6.61 Å². The molecular formula is C19H18N2O3. The fraction of sp³-hybridized carbons (Fsp3) is 0.158. The van der Waals surface area contributed by atoms with Crippen molar-refractivity contribution in [3.8, 4) is 5.75 Å². The molecule has 122 valence electrons. The van der Waals surface area contributed by atoms with E-state index in [-0.39, 0.29) is 12.5 Å². The minimum absolute atomic E-state index is 0.102. The minimum Gasteiger partial charge on any atom is -0.483 e. The zero-order valence-electron chi connectivity index (χ0n) is 13.6. The molecule has 3 rings (SSSR count). The summed E-state index contributed by atoms with van der Waals surface area (Å²) in [5, 5.41) is 5.97. The molecule has 0 fully saturated rings. The van der Waals surface area contributed by atoms with Gasteiger partial charge in [-0.1, -0.05) is 36.4 Å². The molecule has 0 saturated carbocycles. The van der Waals surface area contributed by atoms with Gasteiger partial charge in [0.15, 0.2) is 6.61 Å². The second kappa shape index (κ2) is 7.00. The number of rotatable bonds is 5. The van der Waals surface area contributed by atoms with Crippen molar-refractivity contribution < 1.29 is 13.9 Å². The molecule has 0 bridgehead atoms. The van der Waals surface area contributed by atoms with Gasteiger partial charge in [-0.2, -0.15) is 5.10 Å². The van der Waals surface area contributed by atoms with Crippen molar-refractivity contribution in [2.24, 2.45) is 5.10 Å². The molecular weight excluding hydrogens is 304 g/mol. The summed E-state index contributed by atoms with van der Waals surface area (Å²) in [6.07, 6.45) is 1.56. The van der Waals surface area contributed by atoms with Crippen LogP contribution in [-0.2, 0) is 4.79 Å². The Kier molecular flexibility index (Phi) is 4.61. The summed E-state index contributed by atoms with van der Waals surface area (Å²) < 4.78 is 11.0. The Morgan fingerprint density at radius 2 is 2.00 bits per heavy atom. The van der Waals surface area contributed by atoms with E-state index in [1.807, 2.05) is 62.4 Å². The molecule has 1 N–H and O–H groups in total. The van der Waals surface area contributed by atoms with Gasteiger partial charge in [-0.05, 0) is 31.4 Å². The van der Waals surface area contributed by atoms with Crippen LogP contribution in [0.25, 0.3) is 10.8 Å². The van der Waals surface area contributed by atoms with E-state index >= 15 is 0 Å². The van der Waals surface area contributed by atoms with Crippen LogP contribution in [0.4, 0.5) is 0 Å². The van der Waals surface area contributed by atoms with Crippen LogP contribution in [0.5, 0.6) is 5.75 Å². The number of hydrazone groups is 1. The van der Waals surface area contributed by atoms with E-state index in [2.05, 4.69) is 10.5 Å². The highest BCUT2D eigenvalue weighted by molar-refractivity contribution is 5.89. The molecule has 0 atom stereocenters. The van der Waals surface area contributed by atoms with E-state index in [9.17, 15) is 4.79 Å². The second-order valence-corrected chi connectivity index (χ2v) is 5.43. The maximum absolute atomic E-state index is 11.9. The predicted octanol–water partition coefficient (Wildman–Crippen LogP) is 3.58. The first-order valence-electron chi connectivity index (χ1n) is 7.63. The molecule has 3 aromatic rings. The summed E-state index contributed by atoms with van der Waals surface area (Å²) in [5.41, 5.74) is 3.29. The van der Waals surface area contributed by atoms with Gasteiger partial charge in [-0.25, -0.2) is 5.43 Å². The summed E-state index contributed by atoms with van der Waals surface area (Å²) in [4.78, 5) is 11.9. The van der Waals surface area contributed by atoms with Gasteiger partial charge < -0.3 is 9.15 Å². The topological polar surface area (TPSA) is 63.8 Å². The molecule has 5 heteroatoms. The van der Waals surface area contributed by atoms with E-state index in [1.54, 1.807) is 6.21 Å². The van der Waals surface area contributed by atoms with Crippen molar-refractivity contribution in [3.05, 3.63) is 65.6 Å². The third-order valence-corrected chi connectivity index (χ3v) is 3.58. The van der Waals surface area contributed by atoms with Crippen LogP contribution in [0.2, 0.25) is 0 Å². The van der Waals surface area contributed by atoms with Gasteiger partial charge in [0.1, 0.15) is 17.3 Å². The van der Waals surface area contributed by atoms with Crippen molar-refractivity contribution in [3.63, 3.8) is 0 Å². The number of fused-ring (bicyclic) bond motifs is 1. The molecule has 5 nitrogen and oxygen atoms in total. The number of nitrogens with zero attached hydrogens (tertiary/aromatic N) is 1. The average molecular weight is 322 g/mol. The Bertz CT molecular complexity index is 891. The van der Waals surface area contributed by atoms with Gasteiger partial charge in [0.25, 0.3) is 5.91 Å². The molecule has 1 amide bonds. The first-order chi connectivity index (χ1) is 11.6. The van der Waals surface area contributed by atoms with Gasteiger partial charge in [-0.15, -0.1) is 0 Å². The number of amides is 1. The fourth-order valence-corrected chi connectivity index (χ4v) is 2.45. The van der Waals surface area contributed by atoms with Crippen LogP contribution >= 0.6 is 0 Å². The predicted molar refractivity (Wildman–Crippen MR) is 93.4 cm³/mol. The minimum atomic E-state index is -0.322. The second-order valence-electron chi connectivity index (χ2n) is 5.43. The summed E-state index contributed by atoms with van der Waals surface area (Å²) in [7, 11) is 0. The van der Waals surface area contributed by atoms with Gasteiger partial charge in [-0.3, -0.25) is 4.79 Å². The number of hydrogen-bond acceptors (Lipinski definition) is 4. The summed E-state index contributed by atoms with van der Waals surface area (Å²) >= 11 is 0. The average Bonchev–Trinajstić information content (AvgIpc) is 2.90. The third kappa shape index (κ3) is 3.63. The van der Waals surface area contributed by atoms with E-state index in [0.29, 0.717) is 5.75 Å². The SMILES string of the molecule is Cc1cc(/C=N\NC(=O)COc2cccc3ccccc23)c(C)o1. The number of benzene rings is 2. The molecule has 0 spiro atoms. The number of carbonyl (C=O) groups excluding carboxylic acids is 1. The lowest BCUT2D eigenvalue weighted by molar-refractivity contribution is -0.123. The standard InChI is InChI=1S/C19H18N2O3/c1-13-10-16(14(2)24-13)11-20-21-19(22)12-23-18-9-5-7-15-6-3-4-8-17(15)18/h3-11H,12H2,1-2H3,(H,21,22)/b20-11-. The number of nitrogens with one attached hydrogen (secondary N) is 1. The van der Waals surface area contributed by atoms with Crippen molar-refractivity contribution in [1.82, 2.24) is 5.43 Å². The number of carbonyl (C=O) groups is 1. The van der Waals surface area contributed by atoms with Gasteiger partial charge in [0.05, 0.1) is 6.21 Å². The van der Waals surface area contributed by atoms with Gasteiger partial charge >= 0.3 is 0 Å². The first-order valence-corrected chi connectivity index (χ1v) is 7.63. The van der Waals surface area contributed by atoms with Gasteiger partial charge in [0, 0.05) is 10.9 Å². The van der Waals surface area contributed by atoms with Crippen LogP contribution in [0.1, 0.15) is 17.1 Å². The summed E-state index contributed by atoms with van der Waals surface area (Å²) in [5.74, 6) is 1.92. The highest BCUT2D eigenvalue weighted by Crippen LogP contribution is 2.24. The highest BCUT2D eigenvalue weighted by atomic mass is 16.5. The van der Waals surface area contributed by atoms with E-state index in [4.69, 9.17) is 9.15 Å². The quantitative estimate of drug-likeness (QED) is 0.577. The third-order valence-electron chi connectivity index (χ3n) is 3.58. The molecule has 0 radical (unpaired) electrons. The molecule has 1 aromatic heterocycles. The monoisotopic (exact) mass is 322 g/mol. The van der Waals surface area contributed by atoms with Gasteiger partial charge in [0.2, 0.25) is 0 Å². The van der Waals surface area contributed by atoms with Crippen molar-refractivity contribution in [2.45, 2.75) is 13.8 Å². The Labute approximate surface area is 139 Å². The largest absolute Gasteiger partial charge is 0.483 e. The molecule has 2 aromatic carbocycles.